The van der Waals surface area contributed by atoms with Crippen LogP contribution in [-0.4, -0.2) is 55.4 Å². The predicted octanol–water partition coefficient (Wildman–Crippen LogP) is 2.18. The molecular weight excluding hydrogens is 362 g/mol. The van der Waals surface area contributed by atoms with E-state index >= 15 is 0 Å². The van der Waals surface area contributed by atoms with E-state index in [9.17, 15) is 8.42 Å². The predicted molar refractivity (Wildman–Crippen MR) is 109 cm³/mol. The molecule has 1 fully saturated rings. The van der Waals surface area contributed by atoms with Gasteiger partial charge in [0.1, 0.15) is 5.82 Å². The molecular formula is C19H27N5O2S. The lowest BCUT2D eigenvalue weighted by Crippen LogP contribution is -2.49. The molecule has 3 rings (SSSR count). The van der Waals surface area contributed by atoms with Crippen LogP contribution in [0.2, 0.25) is 0 Å². The summed E-state index contributed by atoms with van der Waals surface area (Å²) in [6.45, 7) is 8.84. The number of rotatable bonds is 6. The Bertz CT molecular complexity index is 893. The van der Waals surface area contributed by atoms with Crippen LogP contribution in [0.3, 0.4) is 0 Å². The molecule has 27 heavy (non-hydrogen) atoms. The van der Waals surface area contributed by atoms with Crippen LogP contribution >= 0.6 is 0 Å². The normalized spacial score (nSPS) is 15.7. The van der Waals surface area contributed by atoms with Gasteiger partial charge in [0.05, 0.1) is 5.75 Å². The van der Waals surface area contributed by atoms with Crippen molar-refractivity contribution in [3.8, 4) is 0 Å². The third-order valence-electron chi connectivity index (χ3n) is 4.56. The molecule has 1 aliphatic rings. The molecule has 0 bridgehead atoms. The molecule has 1 aromatic heterocycles. The highest BCUT2D eigenvalue weighted by molar-refractivity contribution is 7.88. The minimum atomic E-state index is -3.32. The van der Waals surface area contributed by atoms with Crippen molar-refractivity contribution in [2.24, 2.45) is 0 Å². The largest absolute Gasteiger partial charge is 0.354 e. The van der Waals surface area contributed by atoms with E-state index in [1.54, 1.807) is 4.31 Å². The lowest BCUT2D eigenvalue weighted by molar-refractivity contribution is 0.383. The van der Waals surface area contributed by atoms with E-state index in [1.165, 1.54) is 0 Å². The highest BCUT2D eigenvalue weighted by Crippen LogP contribution is 2.20. The molecule has 2 heterocycles. The molecule has 146 valence electrons. The molecule has 0 radical (unpaired) electrons. The molecule has 0 unspecified atom stereocenters. The first kappa shape index (κ1) is 19.6. The number of hydrogen-bond acceptors (Lipinski definition) is 6. The Kier molecular flexibility index (Phi) is 5.96. The summed E-state index contributed by atoms with van der Waals surface area (Å²) in [5, 5.41) is 3.14. The number of sulfonamides is 1. The van der Waals surface area contributed by atoms with Crippen LogP contribution in [0, 0.1) is 13.8 Å². The van der Waals surface area contributed by atoms with Gasteiger partial charge in [-0.3, -0.25) is 0 Å². The van der Waals surface area contributed by atoms with E-state index in [4.69, 9.17) is 0 Å². The Morgan fingerprint density at radius 1 is 1.07 bits per heavy atom. The molecule has 7 nitrogen and oxygen atoms in total. The zero-order valence-corrected chi connectivity index (χ0v) is 17.0. The van der Waals surface area contributed by atoms with Crippen LogP contribution < -0.4 is 10.2 Å². The number of benzene rings is 1. The number of aromatic nitrogens is 2. The van der Waals surface area contributed by atoms with Gasteiger partial charge in [0.2, 0.25) is 16.0 Å². The van der Waals surface area contributed by atoms with Crippen molar-refractivity contribution in [3.63, 3.8) is 0 Å². The molecule has 1 N–H and O–H groups in total. The van der Waals surface area contributed by atoms with Gasteiger partial charge in [-0.05, 0) is 26.3 Å². The van der Waals surface area contributed by atoms with Gasteiger partial charge >= 0.3 is 0 Å². The Balaban J connectivity index is 1.66. The third kappa shape index (κ3) is 4.95. The summed E-state index contributed by atoms with van der Waals surface area (Å²) >= 11 is 0. The monoisotopic (exact) mass is 389 g/mol. The highest BCUT2D eigenvalue weighted by Gasteiger charge is 2.28. The van der Waals surface area contributed by atoms with Crippen molar-refractivity contribution in [3.05, 3.63) is 47.2 Å². The first-order chi connectivity index (χ1) is 12.9. The molecule has 8 heteroatoms. The topological polar surface area (TPSA) is 78.4 Å². The van der Waals surface area contributed by atoms with Gasteiger partial charge in [0, 0.05) is 44.5 Å². The second kappa shape index (κ2) is 8.22. The van der Waals surface area contributed by atoms with Gasteiger partial charge in [0.15, 0.2) is 0 Å². The maximum atomic E-state index is 12.8. The van der Waals surface area contributed by atoms with Crippen LogP contribution in [0.5, 0.6) is 0 Å². The van der Waals surface area contributed by atoms with Crippen LogP contribution in [-0.2, 0) is 15.8 Å². The quantitative estimate of drug-likeness (QED) is 0.816. The second-order valence-electron chi connectivity index (χ2n) is 6.85. The number of nitrogens with zero attached hydrogens (tertiary/aromatic N) is 4. The standard InChI is InChI=1S/C19H27N5O2S/c1-4-20-19-21-16(3)13-18(22-19)23-8-10-24(11-9-23)27(25,26)14-17-7-5-6-15(2)12-17/h5-7,12-13H,4,8-11,14H2,1-3H3,(H,20,21,22). The van der Waals surface area contributed by atoms with Gasteiger partial charge in [0.25, 0.3) is 0 Å². The number of piperazine rings is 1. The Hall–Kier alpha value is -2.19. The maximum absolute atomic E-state index is 12.8. The molecule has 0 spiro atoms. The van der Waals surface area contributed by atoms with E-state index in [1.807, 2.05) is 51.1 Å². The zero-order chi connectivity index (χ0) is 19.4. The molecule has 0 amide bonds. The smallest absolute Gasteiger partial charge is 0.224 e. The third-order valence-corrected chi connectivity index (χ3v) is 6.41. The summed E-state index contributed by atoms with van der Waals surface area (Å²) in [7, 11) is -3.32. The molecule has 1 aliphatic heterocycles. The summed E-state index contributed by atoms with van der Waals surface area (Å²) in [5.74, 6) is 1.50. The first-order valence-electron chi connectivity index (χ1n) is 9.25. The average Bonchev–Trinajstić information content (AvgIpc) is 2.61. The SMILES string of the molecule is CCNc1nc(C)cc(N2CCN(S(=O)(=O)Cc3cccc(C)c3)CC2)n1. The molecule has 0 atom stereocenters. The van der Waals surface area contributed by atoms with Crippen molar-refractivity contribution in [1.29, 1.82) is 0 Å². The van der Waals surface area contributed by atoms with Crippen LogP contribution in [0.15, 0.2) is 30.3 Å². The van der Waals surface area contributed by atoms with Crippen LogP contribution in [0.25, 0.3) is 0 Å². The fraction of sp³-hybridized carbons (Fsp3) is 0.474. The van der Waals surface area contributed by atoms with Crippen molar-refractivity contribution in [1.82, 2.24) is 14.3 Å². The average molecular weight is 390 g/mol. The van der Waals surface area contributed by atoms with Crippen molar-refractivity contribution in [2.45, 2.75) is 26.5 Å². The van der Waals surface area contributed by atoms with Crippen molar-refractivity contribution >= 4 is 21.8 Å². The molecule has 0 saturated carbocycles. The molecule has 0 aliphatic carbocycles. The molecule has 1 saturated heterocycles. The summed E-state index contributed by atoms with van der Waals surface area (Å²) in [6, 6.07) is 9.61. The van der Waals surface area contributed by atoms with E-state index in [0.29, 0.717) is 32.1 Å². The van der Waals surface area contributed by atoms with Gasteiger partial charge in [-0.25, -0.2) is 13.4 Å². The molecule has 1 aromatic carbocycles. The Morgan fingerprint density at radius 2 is 1.81 bits per heavy atom. The van der Waals surface area contributed by atoms with Crippen molar-refractivity contribution in [2.75, 3.05) is 42.9 Å². The minimum absolute atomic E-state index is 0.0475. The lowest BCUT2D eigenvalue weighted by atomic mass is 10.2. The van der Waals surface area contributed by atoms with Gasteiger partial charge in [-0.15, -0.1) is 0 Å². The minimum Gasteiger partial charge on any atom is -0.354 e. The van der Waals surface area contributed by atoms with E-state index in [2.05, 4.69) is 20.2 Å². The number of nitrogens with one attached hydrogen (secondary N) is 1. The van der Waals surface area contributed by atoms with E-state index < -0.39 is 10.0 Å². The fourth-order valence-corrected chi connectivity index (χ4v) is 4.75. The fourth-order valence-electron chi connectivity index (χ4n) is 3.25. The van der Waals surface area contributed by atoms with Gasteiger partial charge in [-0.1, -0.05) is 29.8 Å². The zero-order valence-electron chi connectivity index (χ0n) is 16.1. The first-order valence-corrected chi connectivity index (χ1v) is 10.9. The lowest BCUT2D eigenvalue weighted by Gasteiger charge is -2.34. The van der Waals surface area contributed by atoms with Gasteiger partial charge < -0.3 is 10.2 Å². The van der Waals surface area contributed by atoms with E-state index in [0.717, 1.165) is 29.2 Å². The van der Waals surface area contributed by atoms with Crippen LogP contribution in [0.1, 0.15) is 23.7 Å². The van der Waals surface area contributed by atoms with E-state index in [-0.39, 0.29) is 5.75 Å². The van der Waals surface area contributed by atoms with Crippen molar-refractivity contribution < 1.29 is 8.42 Å². The Morgan fingerprint density at radius 3 is 2.48 bits per heavy atom. The Labute approximate surface area is 161 Å². The second-order valence-corrected chi connectivity index (χ2v) is 8.82. The number of aryl methyl sites for hydroxylation is 2. The maximum Gasteiger partial charge on any atom is 0.224 e. The number of anilines is 2. The summed E-state index contributed by atoms with van der Waals surface area (Å²) in [6.07, 6.45) is 0. The van der Waals surface area contributed by atoms with Crippen LogP contribution in [0.4, 0.5) is 11.8 Å². The summed E-state index contributed by atoms with van der Waals surface area (Å²) in [4.78, 5) is 11.0. The van der Waals surface area contributed by atoms with Gasteiger partial charge in [-0.2, -0.15) is 9.29 Å². The summed E-state index contributed by atoms with van der Waals surface area (Å²) < 4.78 is 27.1. The highest BCUT2D eigenvalue weighted by atomic mass is 32.2. The number of hydrogen-bond donors (Lipinski definition) is 1. The summed E-state index contributed by atoms with van der Waals surface area (Å²) in [5.41, 5.74) is 2.80. The molecule has 2 aromatic rings.